The summed E-state index contributed by atoms with van der Waals surface area (Å²) in [5, 5.41) is 0. The molecular formula is C4H9N2O4P. The molecule has 0 bridgehead atoms. The van der Waals surface area contributed by atoms with Crippen molar-refractivity contribution in [3.8, 4) is 0 Å². The van der Waals surface area contributed by atoms with Crippen LogP contribution < -0.4 is 5.73 Å². The molecule has 7 heteroatoms. The number of hydrogen-bond acceptors (Lipinski definition) is 3. The molecule has 1 unspecified atom stereocenters. The van der Waals surface area contributed by atoms with Crippen LogP contribution in [-0.4, -0.2) is 32.4 Å². The van der Waals surface area contributed by atoms with E-state index < -0.39 is 25.7 Å². The Morgan fingerprint density at radius 3 is 2.27 bits per heavy atom. The highest BCUT2D eigenvalue weighted by Gasteiger charge is 2.50. The van der Waals surface area contributed by atoms with E-state index in [-0.39, 0.29) is 0 Å². The van der Waals surface area contributed by atoms with Crippen LogP contribution in [0, 0.1) is 0 Å². The van der Waals surface area contributed by atoms with Crippen LogP contribution in [-0.2, 0) is 9.36 Å². The van der Waals surface area contributed by atoms with E-state index in [0.717, 1.165) is 0 Å². The highest BCUT2D eigenvalue weighted by molar-refractivity contribution is 7.50. The van der Waals surface area contributed by atoms with Gasteiger partial charge in [0.05, 0.1) is 6.04 Å². The number of amides is 1. The molecule has 1 fully saturated rings. The number of nitrogens with two attached hydrogens (primary N) is 1. The number of carbonyl (C=O) groups is 1. The fraction of sp³-hybridized carbons (Fsp3) is 0.750. The molecule has 64 valence electrons. The number of hydrogen-bond donors (Lipinski definition) is 3. The monoisotopic (exact) mass is 180 g/mol. The van der Waals surface area contributed by atoms with Gasteiger partial charge >= 0.3 is 7.75 Å². The summed E-state index contributed by atoms with van der Waals surface area (Å²) < 4.78 is 11.0. The second kappa shape index (κ2) is 2.28. The van der Waals surface area contributed by atoms with Crippen LogP contribution >= 0.6 is 7.75 Å². The van der Waals surface area contributed by atoms with E-state index in [1.165, 1.54) is 6.92 Å². The highest BCUT2D eigenvalue weighted by atomic mass is 31.2. The SMILES string of the molecule is C[C@H]1C(N)C(=O)N1P(=O)(O)O. The molecule has 0 aromatic rings. The number of nitrogens with zero attached hydrogens (tertiary/aromatic N) is 1. The van der Waals surface area contributed by atoms with Crippen molar-refractivity contribution < 1.29 is 19.1 Å². The molecule has 1 saturated heterocycles. The van der Waals surface area contributed by atoms with Crippen LogP contribution in [0.15, 0.2) is 0 Å². The molecule has 11 heavy (non-hydrogen) atoms. The van der Waals surface area contributed by atoms with Gasteiger partial charge in [0.25, 0.3) is 5.91 Å². The summed E-state index contributed by atoms with van der Waals surface area (Å²) in [5.74, 6) is -0.689. The summed E-state index contributed by atoms with van der Waals surface area (Å²) in [5.41, 5.74) is 5.22. The minimum atomic E-state index is -4.42. The summed E-state index contributed by atoms with van der Waals surface area (Å²) in [4.78, 5) is 27.8. The number of β-lactam (4-membered cyclic amide) rings is 1. The molecule has 0 aromatic carbocycles. The van der Waals surface area contributed by atoms with Crippen molar-refractivity contribution in [2.45, 2.75) is 19.0 Å². The first-order chi connectivity index (χ1) is 4.85. The lowest BCUT2D eigenvalue weighted by Gasteiger charge is -2.42. The lowest BCUT2D eigenvalue weighted by Crippen LogP contribution is -2.65. The maximum absolute atomic E-state index is 10.7. The van der Waals surface area contributed by atoms with Gasteiger partial charge < -0.3 is 15.5 Å². The predicted octanol–water partition coefficient (Wildman–Crippen LogP) is -1.36. The van der Waals surface area contributed by atoms with Crippen LogP contribution in [0.2, 0.25) is 0 Å². The fourth-order valence-corrected chi connectivity index (χ4v) is 2.00. The molecule has 1 aliphatic heterocycles. The summed E-state index contributed by atoms with van der Waals surface area (Å²) in [6.07, 6.45) is 0. The summed E-state index contributed by atoms with van der Waals surface area (Å²) >= 11 is 0. The quantitative estimate of drug-likeness (QED) is 0.341. The van der Waals surface area contributed by atoms with E-state index in [9.17, 15) is 9.36 Å². The average Bonchev–Trinajstić information content (AvgIpc) is 1.85. The minimum Gasteiger partial charge on any atom is -0.318 e. The zero-order valence-corrected chi connectivity index (χ0v) is 6.73. The van der Waals surface area contributed by atoms with E-state index in [2.05, 4.69) is 0 Å². The number of rotatable bonds is 1. The molecule has 4 N–H and O–H groups in total. The van der Waals surface area contributed by atoms with Crippen molar-refractivity contribution in [2.24, 2.45) is 5.73 Å². The van der Waals surface area contributed by atoms with Crippen LogP contribution in [0.4, 0.5) is 0 Å². The van der Waals surface area contributed by atoms with Gasteiger partial charge in [0, 0.05) is 0 Å². The third-order valence-corrected chi connectivity index (χ3v) is 2.82. The zero-order chi connectivity index (χ0) is 8.81. The lowest BCUT2D eigenvalue weighted by molar-refractivity contribution is -0.141. The summed E-state index contributed by atoms with van der Waals surface area (Å²) in [6, 6.07) is -1.33. The fourth-order valence-electron chi connectivity index (χ4n) is 0.995. The van der Waals surface area contributed by atoms with E-state index in [1.807, 2.05) is 0 Å². The van der Waals surface area contributed by atoms with Crippen LogP contribution in [0.3, 0.4) is 0 Å². The van der Waals surface area contributed by atoms with Gasteiger partial charge in [-0.2, -0.15) is 0 Å². The molecule has 0 saturated carbocycles. The first kappa shape index (κ1) is 8.67. The smallest absolute Gasteiger partial charge is 0.318 e. The van der Waals surface area contributed by atoms with Crippen molar-refractivity contribution in [3.63, 3.8) is 0 Å². The molecular weight excluding hydrogens is 171 g/mol. The second-order valence-electron chi connectivity index (χ2n) is 2.46. The van der Waals surface area contributed by atoms with Crippen molar-refractivity contribution in [1.29, 1.82) is 0 Å². The molecule has 1 rings (SSSR count). The number of carbonyl (C=O) groups excluding carboxylic acids is 1. The lowest BCUT2D eigenvalue weighted by atomic mass is 10.0. The largest absolute Gasteiger partial charge is 0.432 e. The zero-order valence-electron chi connectivity index (χ0n) is 5.84. The van der Waals surface area contributed by atoms with Gasteiger partial charge in [-0.1, -0.05) is 0 Å². The van der Waals surface area contributed by atoms with Gasteiger partial charge in [0.1, 0.15) is 6.04 Å². The molecule has 1 amide bonds. The first-order valence-corrected chi connectivity index (χ1v) is 4.57. The predicted molar refractivity (Wildman–Crippen MR) is 36.3 cm³/mol. The van der Waals surface area contributed by atoms with Gasteiger partial charge in [0.2, 0.25) is 0 Å². The molecule has 0 aliphatic carbocycles. The molecule has 0 spiro atoms. The second-order valence-corrected chi connectivity index (χ2v) is 3.92. The maximum atomic E-state index is 10.7. The Kier molecular flexibility index (Phi) is 1.80. The Morgan fingerprint density at radius 1 is 1.64 bits per heavy atom. The molecule has 2 atom stereocenters. The molecule has 1 aliphatic rings. The summed E-state index contributed by atoms with van der Waals surface area (Å²) in [6.45, 7) is 1.49. The first-order valence-electron chi connectivity index (χ1n) is 3.00. The molecule has 0 aromatic heterocycles. The Morgan fingerprint density at radius 2 is 2.09 bits per heavy atom. The Bertz CT molecular complexity index is 236. The molecule has 6 nitrogen and oxygen atoms in total. The van der Waals surface area contributed by atoms with Crippen molar-refractivity contribution in [2.75, 3.05) is 0 Å². The van der Waals surface area contributed by atoms with Crippen molar-refractivity contribution >= 4 is 13.7 Å². The Balaban J connectivity index is 2.79. The Hall–Kier alpha value is -0.420. The molecule has 1 heterocycles. The van der Waals surface area contributed by atoms with Gasteiger partial charge in [-0.05, 0) is 6.92 Å². The van der Waals surface area contributed by atoms with Gasteiger partial charge in [0.15, 0.2) is 0 Å². The van der Waals surface area contributed by atoms with Crippen molar-refractivity contribution in [3.05, 3.63) is 0 Å². The van der Waals surface area contributed by atoms with E-state index in [1.54, 1.807) is 0 Å². The summed E-state index contributed by atoms with van der Waals surface area (Å²) in [7, 11) is -4.42. The maximum Gasteiger partial charge on any atom is 0.432 e. The highest BCUT2D eigenvalue weighted by Crippen LogP contribution is 2.46. The van der Waals surface area contributed by atoms with Crippen LogP contribution in [0.5, 0.6) is 0 Å². The minimum absolute atomic E-state index is 0.498. The standard InChI is InChI=1S/C4H9N2O4P/c1-2-3(5)4(7)6(2)11(8,9)10/h2-3H,5H2,1H3,(H2,8,9,10)/t2-,3?/m0/s1. The van der Waals surface area contributed by atoms with E-state index in [0.29, 0.717) is 4.67 Å². The van der Waals surface area contributed by atoms with Gasteiger partial charge in [-0.25, -0.2) is 9.24 Å². The topological polar surface area (TPSA) is 104 Å². The van der Waals surface area contributed by atoms with E-state index >= 15 is 0 Å². The average molecular weight is 180 g/mol. The van der Waals surface area contributed by atoms with Gasteiger partial charge in [-0.15, -0.1) is 0 Å². The normalized spacial score (nSPS) is 32.0. The van der Waals surface area contributed by atoms with E-state index in [4.69, 9.17) is 15.5 Å². The molecule has 0 radical (unpaired) electrons. The third kappa shape index (κ3) is 1.18. The van der Waals surface area contributed by atoms with Crippen molar-refractivity contribution in [1.82, 2.24) is 4.67 Å². The third-order valence-electron chi connectivity index (χ3n) is 1.70. The Labute approximate surface area is 63.2 Å². The van der Waals surface area contributed by atoms with Crippen LogP contribution in [0.1, 0.15) is 6.92 Å². The van der Waals surface area contributed by atoms with Gasteiger partial charge in [-0.3, -0.25) is 4.79 Å². The van der Waals surface area contributed by atoms with Crippen LogP contribution in [0.25, 0.3) is 0 Å².